The second-order valence-corrected chi connectivity index (χ2v) is 12.8. The normalized spacial score (nSPS) is 12.3. The highest BCUT2D eigenvalue weighted by molar-refractivity contribution is 7.92. The van der Waals surface area contributed by atoms with E-state index < -0.39 is 10.0 Å². The minimum absolute atomic E-state index is 0.0495. The summed E-state index contributed by atoms with van der Waals surface area (Å²) in [6.07, 6.45) is 3.10. The van der Waals surface area contributed by atoms with E-state index in [0.717, 1.165) is 16.7 Å². The number of anilines is 2. The molecule has 0 aliphatic carbocycles. The van der Waals surface area contributed by atoms with E-state index in [1.807, 2.05) is 53.7 Å². The minimum atomic E-state index is -3.99. The molecule has 0 atom stereocenters. The Morgan fingerprint density at radius 1 is 0.972 bits per heavy atom. The van der Waals surface area contributed by atoms with Crippen molar-refractivity contribution in [2.24, 2.45) is 0 Å². The van der Waals surface area contributed by atoms with Gasteiger partial charge in [-0.3, -0.25) is 14.1 Å². The quantitative estimate of drug-likeness (QED) is 0.442. The van der Waals surface area contributed by atoms with Gasteiger partial charge in [0.2, 0.25) is 5.91 Å². The summed E-state index contributed by atoms with van der Waals surface area (Å²) in [6.45, 7) is 13.6. The second kappa shape index (κ2) is 9.93. The first-order chi connectivity index (χ1) is 16.6. The lowest BCUT2D eigenvalue weighted by Crippen LogP contribution is -2.31. The third-order valence-corrected chi connectivity index (χ3v) is 7.60. The molecule has 0 fully saturated rings. The first-order valence-electron chi connectivity index (χ1n) is 11.8. The molecule has 3 rings (SSSR count). The zero-order valence-electron chi connectivity index (χ0n) is 22.0. The third-order valence-electron chi connectivity index (χ3n) is 5.81. The number of nitrogens with one attached hydrogen (secondary N) is 1. The van der Waals surface area contributed by atoms with Crippen molar-refractivity contribution in [3.8, 4) is 5.75 Å². The summed E-state index contributed by atoms with van der Waals surface area (Å²) < 4.78 is 29.0. The number of hydrogen-bond acceptors (Lipinski definition) is 5. The predicted molar refractivity (Wildman–Crippen MR) is 144 cm³/mol. The maximum absolute atomic E-state index is 13.9. The number of aromatic nitrogens is 1. The van der Waals surface area contributed by atoms with Crippen LogP contribution in [0.1, 0.15) is 65.2 Å². The molecule has 0 saturated heterocycles. The van der Waals surface area contributed by atoms with Crippen molar-refractivity contribution in [1.82, 2.24) is 4.98 Å². The fourth-order valence-corrected chi connectivity index (χ4v) is 5.39. The van der Waals surface area contributed by atoms with Crippen molar-refractivity contribution < 1.29 is 18.3 Å². The van der Waals surface area contributed by atoms with Gasteiger partial charge in [0.25, 0.3) is 10.0 Å². The van der Waals surface area contributed by atoms with Gasteiger partial charge in [-0.25, -0.2) is 8.42 Å². The molecule has 0 radical (unpaired) electrons. The van der Waals surface area contributed by atoms with E-state index in [1.54, 1.807) is 30.5 Å². The number of pyridine rings is 1. The molecule has 1 amide bonds. The van der Waals surface area contributed by atoms with Gasteiger partial charge in [0, 0.05) is 18.8 Å². The van der Waals surface area contributed by atoms with Crippen molar-refractivity contribution in [2.75, 3.05) is 9.62 Å². The Bertz CT molecular complexity index is 1300. The number of hydrogen-bond donors (Lipinski definition) is 2. The van der Waals surface area contributed by atoms with Gasteiger partial charge in [0.05, 0.1) is 23.3 Å². The van der Waals surface area contributed by atoms with Crippen LogP contribution in [0.25, 0.3) is 0 Å². The van der Waals surface area contributed by atoms with Gasteiger partial charge in [-0.05, 0) is 76.1 Å². The van der Waals surface area contributed by atoms with Crippen LogP contribution in [0.4, 0.5) is 11.4 Å². The Hall–Kier alpha value is -3.39. The van der Waals surface area contributed by atoms with Crippen LogP contribution in [0.2, 0.25) is 0 Å². The molecule has 1 heterocycles. The summed E-state index contributed by atoms with van der Waals surface area (Å²) in [5.74, 6) is 0.00215. The fraction of sp³-hybridized carbons (Fsp3) is 0.357. The van der Waals surface area contributed by atoms with Crippen LogP contribution >= 0.6 is 0 Å². The lowest BCUT2D eigenvalue weighted by atomic mass is 9.78. The number of sulfonamides is 1. The van der Waals surface area contributed by atoms with Gasteiger partial charge in [0.15, 0.2) is 0 Å². The van der Waals surface area contributed by atoms with Crippen molar-refractivity contribution in [2.45, 2.75) is 70.7 Å². The van der Waals surface area contributed by atoms with E-state index in [4.69, 9.17) is 0 Å². The molecule has 3 aromatic rings. The van der Waals surface area contributed by atoms with Crippen molar-refractivity contribution in [3.63, 3.8) is 0 Å². The van der Waals surface area contributed by atoms with Crippen LogP contribution in [0.3, 0.4) is 0 Å². The number of rotatable bonds is 6. The van der Waals surface area contributed by atoms with Crippen molar-refractivity contribution >= 4 is 27.3 Å². The number of nitrogens with zero attached hydrogens (tertiary/aromatic N) is 2. The standard InChI is InChI=1S/C28H35N3O4S/c1-19(32)30-21-10-12-23(13-11-21)36(34,35)31(22-9-8-14-29-17-22)18-20-15-24(27(2,3)4)26(33)25(16-20)28(5,6)7/h8-17,33H,18H2,1-7H3,(H,30,32). The summed E-state index contributed by atoms with van der Waals surface area (Å²) in [5, 5.41) is 13.7. The van der Waals surface area contributed by atoms with Crippen LogP contribution in [0, 0.1) is 0 Å². The van der Waals surface area contributed by atoms with Crippen LogP contribution in [0.15, 0.2) is 65.8 Å². The number of benzene rings is 2. The Morgan fingerprint density at radius 3 is 1.97 bits per heavy atom. The van der Waals surface area contributed by atoms with Gasteiger partial charge in [-0.1, -0.05) is 41.5 Å². The number of carbonyl (C=O) groups excluding carboxylic acids is 1. The Morgan fingerprint density at radius 2 is 1.53 bits per heavy atom. The van der Waals surface area contributed by atoms with E-state index in [9.17, 15) is 18.3 Å². The van der Waals surface area contributed by atoms with Crippen LogP contribution < -0.4 is 9.62 Å². The Kier molecular flexibility index (Phi) is 7.50. The molecule has 2 N–H and O–H groups in total. The monoisotopic (exact) mass is 509 g/mol. The zero-order valence-corrected chi connectivity index (χ0v) is 22.8. The predicted octanol–water partition coefficient (Wildman–Crippen LogP) is 5.74. The van der Waals surface area contributed by atoms with E-state index in [-0.39, 0.29) is 33.9 Å². The number of aromatic hydroxyl groups is 1. The Labute approximate surface area is 214 Å². The summed E-state index contributed by atoms with van der Waals surface area (Å²) >= 11 is 0. The molecule has 8 heteroatoms. The summed E-state index contributed by atoms with van der Waals surface area (Å²) in [6, 6.07) is 13.2. The summed E-state index contributed by atoms with van der Waals surface area (Å²) in [5.41, 5.74) is 2.50. The van der Waals surface area contributed by atoms with Crippen molar-refractivity contribution in [3.05, 3.63) is 77.6 Å². The minimum Gasteiger partial charge on any atom is -0.507 e. The van der Waals surface area contributed by atoms with Gasteiger partial charge in [-0.2, -0.15) is 0 Å². The molecular formula is C28H35N3O4S. The fourth-order valence-electron chi connectivity index (χ4n) is 3.95. The van der Waals surface area contributed by atoms with Crippen molar-refractivity contribution in [1.29, 1.82) is 0 Å². The molecular weight excluding hydrogens is 474 g/mol. The molecule has 0 unspecified atom stereocenters. The molecule has 7 nitrogen and oxygen atoms in total. The number of carbonyl (C=O) groups is 1. The molecule has 0 spiro atoms. The molecule has 0 aliphatic rings. The Balaban J connectivity index is 2.15. The van der Waals surface area contributed by atoms with Gasteiger partial charge in [-0.15, -0.1) is 0 Å². The maximum Gasteiger partial charge on any atom is 0.264 e. The maximum atomic E-state index is 13.9. The average molecular weight is 510 g/mol. The van der Waals surface area contributed by atoms with Gasteiger partial charge >= 0.3 is 0 Å². The highest BCUT2D eigenvalue weighted by Crippen LogP contribution is 2.40. The number of phenols is 1. The molecule has 1 aromatic heterocycles. The average Bonchev–Trinajstić information content (AvgIpc) is 2.77. The lowest BCUT2D eigenvalue weighted by molar-refractivity contribution is -0.114. The highest BCUT2D eigenvalue weighted by atomic mass is 32.2. The molecule has 0 bridgehead atoms. The molecule has 36 heavy (non-hydrogen) atoms. The molecule has 0 aliphatic heterocycles. The second-order valence-electron chi connectivity index (χ2n) is 11.0. The highest BCUT2D eigenvalue weighted by Gasteiger charge is 2.30. The number of phenolic OH excluding ortho intramolecular Hbond substituents is 1. The van der Waals surface area contributed by atoms with Gasteiger partial charge < -0.3 is 10.4 Å². The van der Waals surface area contributed by atoms with E-state index in [0.29, 0.717) is 11.4 Å². The first-order valence-corrected chi connectivity index (χ1v) is 13.2. The van der Waals surface area contributed by atoms with Gasteiger partial charge in [0.1, 0.15) is 5.75 Å². The summed E-state index contributed by atoms with van der Waals surface area (Å²) in [7, 11) is -3.99. The van der Waals surface area contributed by atoms with Crippen LogP contribution in [-0.4, -0.2) is 24.4 Å². The zero-order chi connectivity index (χ0) is 26.9. The van der Waals surface area contributed by atoms with Crippen LogP contribution in [-0.2, 0) is 32.2 Å². The van der Waals surface area contributed by atoms with E-state index in [1.165, 1.54) is 29.6 Å². The topological polar surface area (TPSA) is 99.6 Å². The number of amides is 1. The molecule has 192 valence electrons. The largest absolute Gasteiger partial charge is 0.507 e. The summed E-state index contributed by atoms with van der Waals surface area (Å²) in [4.78, 5) is 15.6. The SMILES string of the molecule is CC(=O)Nc1ccc(S(=O)(=O)N(Cc2cc(C(C)(C)C)c(O)c(C(C)(C)C)c2)c2cccnc2)cc1. The molecule has 0 saturated carbocycles. The first kappa shape index (κ1) is 27.2. The smallest absolute Gasteiger partial charge is 0.264 e. The lowest BCUT2D eigenvalue weighted by Gasteiger charge is -2.30. The molecule has 2 aromatic carbocycles. The van der Waals surface area contributed by atoms with E-state index >= 15 is 0 Å². The van der Waals surface area contributed by atoms with Crippen LogP contribution in [0.5, 0.6) is 5.75 Å². The van der Waals surface area contributed by atoms with E-state index in [2.05, 4.69) is 10.3 Å². The third kappa shape index (κ3) is 6.05.